The average Bonchev–Trinajstić information content (AvgIpc) is 3.25. The van der Waals surface area contributed by atoms with E-state index < -0.39 is 0 Å². The van der Waals surface area contributed by atoms with Crippen LogP contribution in [0.5, 0.6) is 0 Å². The molecule has 2 aromatic heterocycles. The first-order chi connectivity index (χ1) is 12.1. The van der Waals surface area contributed by atoms with Crippen LogP contribution in [0.2, 0.25) is 0 Å². The summed E-state index contributed by atoms with van der Waals surface area (Å²) in [6.07, 6.45) is 0. The Bertz CT molecular complexity index is 826. The number of rotatable bonds is 6. The van der Waals surface area contributed by atoms with Crippen LogP contribution in [0.25, 0.3) is 10.6 Å². The largest absolute Gasteiger partial charge is 0.349 e. The molecule has 0 saturated carbocycles. The molecular weight excluding hydrogens is 350 g/mol. The highest BCUT2D eigenvalue weighted by Crippen LogP contribution is 2.28. The number of hydrogen-bond donors (Lipinski definition) is 1. The van der Waals surface area contributed by atoms with E-state index in [-0.39, 0.29) is 11.9 Å². The summed E-state index contributed by atoms with van der Waals surface area (Å²) < 4.78 is 0. The third-order valence-corrected chi connectivity index (χ3v) is 6.15. The second-order valence-electron chi connectivity index (χ2n) is 6.00. The molecule has 0 aliphatic rings. The van der Waals surface area contributed by atoms with E-state index >= 15 is 0 Å². The Morgan fingerprint density at radius 1 is 1.20 bits per heavy atom. The van der Waals surface area contributed by atoms with Gasteiger partial charge in [0, 0.05) is 17.0 Å². The Labute approximate surface area is 156 Å². The van der Waals surface area contributed by atoms with Gasteiger partial charge in [0.1, 0.15) is 9.88 Å². The molecule has 6 heteroatoms. The monoisotopic (exact) mass is 371 g/mol. The topological polar surface area (TPSA) is 45.2 Å². The summed E-state index contributed by atoms with van der Waals surface area (Å²) in [7, 11) is 4.06. The van der Waals surface area contributed by atoms with Crippen molar-refractivity contribution in [2.75, 3.05) is 20.6 Å². The van der Waals surface area contributed by atoms with Gasteiger partial charge in [-0.2, -0.15) is 0 Å². The van der Waals surface area contributed by atoms with Crippen molar-refractivity contribution in [1.82, 2.24) is 15.2 Å². The first-order valence-corrected chi connectivity index (χ1v) is 9.76. The Morgan fingerprint density at radius 3 is 2.60 bits per heavy atom. The van der Waals surface area contributed by atoms with Crippen molar-refractivity contribution in [3.8, 4) is 10.6 Å². The predicted molar refractivity (Wildman–Crippen MR) is 105 cm³/mol. The molecule has 1 atom stereocenters. The van der Waals surface area contributed by atoms with E-state index in [9.17, 15) is 4.79 Å². The van der Waals surface area contributed by atoms with E-state index in [1.54, 1.807) is 11.3 Å². The summed E-state index contributed by atoms with van der Waals surface area (Å²) in [4.78, 5) is 21.3. The van der Waals surface area contributed by atoms with Crippen LogP contribution < -0.4 is 5.32 Å². The Morgan fingerprint density at radius 2 is 1.96 bits per heavy atom. The highest BCUT2D eigenvalue weighted by Gasteiger charge is 2.20. The van der Waals surface area contributed by atoms with E-state index in [1.807, 2.05) is 57.4 Å². The highest BCUT2D eigenvalue weighted by molar-refractivity contribution is 7.17. The quantitative estimate of drug-likeness (QED) is 0.706. The SMILES string of the molecule is Cc1nc(-c2ccccc2)sc1C(=O)NCC(c1cccs1)N(C)C. The van der Waals surface area contributed by atoms with E-state index in [0.717, 1.165) is 16.3 Å². The molecule has 0 fully saturated rings. The number of nitrogens with zero attached hydrogens (tertiary/aromatic N) is 2. The van der Waals surface area contributed by atoms with Gasteiger partial charge in [0.15, 0.2) is 0 Å². The maximum absolute atomic E-state index is 12.7. The van der Waals surface area contributed by atoms with Gasteiger partial charge in [-0.1, -0.05) is 36.4 Å². The van der Waals surface area contributed by atoms with Gasteiger partial charge in [-0.25, -0.2) is 4.98 Å². The van der Waals surface area contributed by atoms with Gasteiger partial charge >= 0.3 is 0 Å². The molecule has 4 nitrogen and oxygen atoms in total. The minimum absolute atomic E-state index is 0.0550. The second-order valence-corrected chi connectivity index (χ2v) is 7.98. The molecule has 130 valence electrons. The molecule has 1 unspecified atom stereocenters. The summed E-state index contributed by atoms with van der Waals surface area (Å²) in [6.45, 7) is 2.46. The molecule has 2 heterocycles. The van der Waals surface area contributed by atoms with E-state index in [1.165, 1.54) is 16.2 Å². The molecule has 0 aliphatic carbocycles. The van der Waals surface area contributed by atoms with Crippen molar-refractivity contribution in [3.63, 3.8) is 0 Å². The van der Waals surface area contributed by atoms with Gasteiger partial charge in [0.05, 0.1) is 11.7 Å². The molecule has 0 aliphatic heterocycles. The Kier molecular flexibility index (Phi) is 5.63. The third kappa shape index (κ3) is 4.15. The lowest BCUT2D eigenvalue weighted by Gasteiger charge is -2.23. The molecule has 0 saturated heterocycles. The smallest absolute Gasteiger partial charge is 0.263 e. The first kappa shape index (κ1) is 17.8. The van der Waals surface area contributed by atoms with Crippen molar-refractivity contribution in [2.24, 2.45) is 0 Å². The van der Waals surface area contributed by atoms with Crippen LogP contribution in [-0.2, 0) is 0 Å². The Balaban J connectivity index is 1.72. The predicted octanol–water partition coefficient (Wildman–Crippen LogP) is 4.21. The van der Waals surface area contributed by atoms with Crippen molar-refractivity contribution < 1.29 is 4.79 Å². The third-order valence-electron chi connectivity index (χ3n) is 3.97. The van der Waals surface area contributed by atoms with Crippen LogP contribution in [0.1, 0.15) is 26.3 Å². The number of nitrogens with one attached hydrogen (secondary N) is 1. The molecule has 1 amide bonds. The molecule has 1 aromatic carbocycles. The first-order valence-electron chi connectivity index (χ1n) is 8.07. The number of aryl methyl sites for hydroxylation is 1. The fourth-order valence-electron chi connectivity index (χ4n) is 2.60. The zero-order chi connectivity index (χ0) is 17.8. The van der Waals surface area contributed by atoms with Gasteiger partial charge < -0.3 is 10.2 Å². The second kappa shape index (κ2) is 7.91. The highest BCUT2D eigenvalue weighted by atomic mass is 32.1. The summed E-state index contributed by atoms with van der Waals surface area (Å²) in [6, 6.07) is 14.3. The molecule has 25 heavy (non-hydrogen) atoms. The molecular formula is C19H21N3OS2. The summed E-state index contributed by atoms with van der Waals surface area (Å²) >= 11 is 3.15. The van der Waals surface area contributed by atoms with Crippen molar-refractivity contribution in [2.45, 2.75) is 13.0 Å². The average molecular weight is 372 g/mol. The lowest BCUT2D eigenvalue weighted by molar-refractivity contribution is 0.0945. The number of thiophene rings is 1. The number of carbonyl (C=O) groups excluding carboxylic acids is 1. The van der Waals surface area contributed by atoms with Crippen LogP contribution >= 0.6 is 22.7 Å². The number of carbonyl (C=O) groups is 1. The molecule has 3 rings (SSSR count). The fourth-order valence-corrected chi connectivity index (χ4v) is 4.51. The summed E-state index contributed by atoms with van der Waals surface area (Å²) in [5.41, 5.74) is 1.82. The molecule has 3 aromatic rings. The van der Waals surface area contributed by atoms with Crippen molar-refractivity contribution >= 4 is 28.6 Å². The normalized spacial score (nSPS) is 12.3. The number of likely N-dealkylation sites (N-methyl/N-ethyl adjacent to an activating group) is 1. The van der Waals surface area contributed by atoms with Gasteiger partial charge in [-0.3, -0.25) is 4.79 Å². The van der Waals surface area contributed by atoms with Gasteiger partial charge in [0.2, 0.25) is 0 Å². The number of hydrogen-bond acceptors (Lipinski definition) is 5. The molecule has 0 radical (unpaired) electrons. The zero-order valence-electron chi connectivity index (χ0n) is 14.5. The number of amides is 1. The zero-order valence-corrected chi connectivity index (χ0v) is 16.2. The maximum Gasteiger partial charge on any atom is 0.263 e. The maximum atomic E-state index is 12.7. The molecule has 0 spiro atoms. The van der Waals surface area contributed by atoms with Crippen LogP contribution in [0.4, 0.5) is 0 Å². The van der Waals surface area contributed by atoms with Crippen LogP contribution in [0, 0.1) is 6.92 Å². The minimum atomic E-state index is -0.0550. The van der Waals surface area contributed by atoms with Crippen LogP contribution in [0.15, 0.2) is 47.8 Å². The number of aromatic nitrogens is 1. The minimum Gasteiger partial charge on any atom is -0.349 e. The summed E-state index contributed by atoms with van der Waals surface area (Å²) in [5.74, 6) is -0.0550. The van der Waals surface area contributed by atoms with Crippen molar-refractivity contribution in [1.29, 1.82) is 0 Å². The summed E-state index contributed by atoms with van der Waals surface area (Å²) in [5, 5.41) is 6.01. The van der Waals surface area contributed by atoms with Gasteiger partial charge in [0.25, 0.3) is 5.91 Å². The van der Waals surface area contributed by atoms with E-state index in [2.05, 4.69) is 26.6 Å². The fraction of sp³-hybridized carbons (Fsp3) is 0.263. The van der Waals surface area contributed by atoms with Gasteiger partial charge in [-0.15, -0.1) is 22.7 Å². The standard InChI is InChI=1S/C19H21N3OS2/c1-13-17(25-19(21-13)14-8-5-4-6-9-14)18(23)20-12-15(22(2)3)16-10-7-11-24-16/h4-11,15H,12H2,1-3H3,(H,20,23). The van der Waals surface area contributed by atoms with E-state index in [4.69, 9.17) is 0 Å². The van der Waals surface area contributed by atoms with Crippen LogP contribution in [0.3, 0.4) is 0 Å². The van der Waals surface area contributed by atoms with E-state index in [0.29, 0.717) is 11.4 Å². The lowest BCUT2D eigenvalue weighted by Crippen LogP contribution is -2.34. The Hall–Kier alpha value is -2.02. The van der Waals surface area contributed by atoms with Crippen molar-refractivity contribution in [3.05, 3.63) is 63.3 Å². The molecule has 0 bridgehead atoms. The number of benzene rings is 1. The molecule has 1 N–H and O–H groups in total. The lowest BCUT2D eigenvalue weighted by atomic mass is 10.2. The van der Waals surface area contributed by atoms with Crippen LogP contribution in [-0.4, -0.2) is 36.4 Å². The van der Waals surface area contributed by atoms with Gasteiger partial charge in [-0.05, 0) is 32.5 Å². The number of thiazole rings is 1.